The number of ether oxygens (including phenoxy) is 1. The summed E-state index contributed by atoms with van der Waals surface area (Å²) in [6, 6.07) is 7.07. The van der Waals surface area contributed by atoms with Gasteiger partial charge < -0.3 is 20.4 Å². The third kappa shape index (κ3) is 9.39. The third-order valence-corrected chi connectivity index (χ3v) is 2.77. The van der Waals surface area contributed by atoms with E-state index in [1.807, 2.05) is 12.1 Å². The number of hydrogen-bond donors (Lipinski definition) is 3. The van der Waals surface area contributed by atoms with Gasteiger partial charge in [-0.1, -0.05) is 0 Å². The molecule has 0 unspecified atom stereocenters. The molecule has 0 amide bonds. The van der Waals surface area contributed by atoms with Crippen LogP contribution in [0.1, 0.15) is 41.5 Å². The molecule has 0 spiro atoms. The molecule has 0 aliphatic rings. The molecule has 0 fully saturated rings. The highest BCUT2D eigenvalue weighted by Crippen LogP contribution is 2.15. The Balaban J connectivity index is 0.000000251. The van der Waals surface area contributed by atoms with E-state index in [1.54, 1.807) is 25.6 Å². The minimum absolute atomic E-state index is 0.0260. The Morgan fingerprint density at radius 2 is 1.48 bits per heavy atom. The van der Waals surface area contributed by atoms with Crippen molar-refractivity contribution in [3.05, 3.63) is 47.0 Å². The summed E-state index contributed by atoms with van der Waals surface area (Å²) in [4.78, 5) is 17.4. The summed E-state index contributed by atoms with van der Waals surface area (Å²) in [5.41, 5.74) is 1.96. The molecule has 2 aromatic rings. The van der Waals surface area contributed by atoms with Crippen molar-refractivity contribution in [2.75, 3.05) is 17.7 Å². The van der Waals surface area contributed by atoms with Gasteiger partial charge in [0.1, 0.15) is 0 Å². The maximum atomic E-state index is 10.7. The molecule has 2 heterocycles. The van der Waals surface area contributed by atoms with Crippen LogP contribution in [0.3, 0.4) is 0 Å². The van der Waals surface area contributed by atoms with Crippen molar-refractivity contribution in [3.63, 3.8) is 0 Å². The average molecular weight is 346 g/mol. The van der Waals surface area contributed by atoms with Crippen molar-refractivity contribution < 1.29 is 4.74 Å². The van der Waals surface area contributed by atoms with E-state index >= 15 is 0 Å². The number of rotatable bonds is 3. The van der Waals surface area contributed by atoms with Gasteiger partial charge >= 0.3 is 0 Å². The molecule has 6 heteroatoms. The number of H-pyrrole nitrogens is 1. The van der Waals surface area contributed by atoms with Gasteiger partial charge in [-0.15, -0.1) is 0 Å². The van der Waals surface area contributed by atoms with Gasteiger partial charge in [-0.3, -0.25) is 4.79 Å². The molecule has 0 bridgehead atoms. The van der Waals surface area contributed by atoms with E-state index in [0.717, 1.165) is 11.4 Å². The second kappa shape index (κ2) is 8.55. The number of anilines is 2. The second-order valence-electron chi connectivity index (χ2n) is 7.78. The lowest BCUT2D eigenvalue weighted by molar-refractivity contribution is 0.398. The Morgan fingerprint density at radius 1 is 0.920 bits per heavy atom. The monoisotopic (exact) mass is 346 g/mol. The van der Waals surface area contributed by atoms with Crippen molar-refractivity contribution in [1.29, 1.82) is 0 Å². The summed E-state index contributed by atoms with van der Waals surface area (Å²) in [6.07, 6.45) is 3.44. The van der Waals surface area contributed by atoms with Gasteiger partial charge in [-0.25, -0.2) is 4.98 Å². The van der Waals surface area contributed by atoms with Gasteiger partial charge in [0, 0.05) is 29.4 Å². The first-order valence-electron chi connectivity index (χ1n) is 8.24. The number of nitrogens with one attached hydrogen (secondary N) is 3. The Hall–Kier alpha value is -2.50. The lowest BCUT2D eigenvalue weighted by Crippen LogP contribution is -2.26. The lowest BCUT2D eigenvalue weighted by atomic mass is 10.1. The van der Waals surface area contributed by atoms with Gasteiger partial charge in [0.2, 0.25) is 11.4 Å². The molecule has 6 nitrogen and oxygen atoms in total. The molecule has 2 rings (SSSR count). The molecule has 138 valence electrons. The predicted octanol–water partition coefficient (Wildman–Crippen LogP) is 3.89. The van der Waals surface area contributed by atoms with E-state index in [4.69, 9.17) is 4.74 Å². The van der Waals surface area contributed by atoms with Crippen LogP contribution in [0.4, 0.5) is 11.4 Å². The Labute approximate surface area is 150 Å². The summed E-state index contributed by atoms with van der Waals surface area (Å²) in [6.45, 7) is 12.5. The molecule has 0 aliphatic heterocycles. The molecule has 0 saturated carbocycles. The molecule has 3 N–H and O–H groups in total. The van der Waals surface area contributed by atoms with Crippen LogP contribution in [-0.2, 0) is 0 Å². The fourth-order valence-corrected chi connectivity index (χ4v) is 1.93. The van der Waals surface area contributed by atoms with Crippen molar-refractivity contribution in [2.24, 2.45) is 0 Å². The van der Waals surface area contributed by atoms with E-state index in [-0.39, 0.29) is 16.6 Å². The van der Waals surface area contributed by atoms with E-state index in [9.17, 15) is 4.79 Å². The number of methoxy groups -OCH3 is 1. The molecule has 0 aliphatic carbocycles. The van der Waals surface area contributed by atoms with E-state index in [0.29, 0.717) is 5.88 Å². The molecule has 0 radical (unpaired) electrons. The standard InChI is InChI=1S/C10H16N2O.C9H14N2O/c1-10(2,3)12-8-5-6-9(13-4)11-7-8;1-9(2,3)11-7-4-5-8(12)10-6-7/h5-7,12H,1-4H3;4-6,11H,1-3H3,(H,10,12). The third-order valence-electron chi connectivity index (χ3n) is 2.77. The summed E-state index contributed by atoms with van der Waals surface area (Å²) >= 11 is 0. The molecule has 0 aromatic carbocycles. The van der Waals surface area contributed by atoms with Crippen molar-refractivity contribution in [3.8, 4) is 5.88 Å². The zero-order valence-electron chi connectivity index (χ0n) is 16.2. The zero-order valence-corrected chi connectivity index (χ0v) is 16.2. The Bertz CT molecular complexity index is 675. The van der Waals surface area contributed by atoms with E-state index < -0.39 is 0 Å². The highest BCUT2D eigenvalue weighted by Gasteiger charge is 2.09. The highest BCUT2D eigenvalue weighted by molar-refractivity contribution is 5.44. The molecule has 0 saturated heterocycles. The number of pyridine rings is 2. The summed E-state index contributed by atoms with van der Waals surface area (Å²) in [7, 11) is 1.61. The highest BCUT2D eigenvalue weighted by atomic mass is 16.5. The van der Waals surface area contributed by atoms with Gasteiger partial charge in [0.05, 0.1) is 24.7 Å². The van der Waals surface area contributed by atoms with Crippen LogP contribution in [0.2, 0.25) is 0 Å². The second-order valence-corrected chi connectivity index (χ2v) is 7.78. The first-order chi connectivity index (χ1) is 11.5. The van der Waals surface area contributed by atoms with Gasteiger partial charge in [0.25, 0.3) is 0 Å². The van der Waals surface area contributed by atoms with Crippen molar-refractivity contribution >= 4 is 11.4 Å². The van der Waals surface area contributed by atoms with E-state index in [1.165, 1.54) is 6.07 Å². The van der Waals surface area contributed by atoms with Crippen molar-refractivity contribution in [1.82, 2.24) is 9.97 Å². The number of nitrogens with zero attached hydrogens (tertiary/aromatic N) is 1. The van der Waals surface area contributed by atoms with Crippen molar-refractivity contribution in [2.45, 2.75) is 52.6 Å². The topological polar surface area (TPSA) is 79.0 Å². The SMILES string of the molecule is CC(C)(C)Nc1ccc(=O)[nH]c1.COc1ccc(NC(C)(C)C)cn1. The van der Waals surface area contributed by atoms with Crippen LogP contribution in [0.25, 0.3) is 0 Å². The Morgan fingerprint density at radius 3 is 1.88 bits per heavy atom. The quantitative estimate of drug-likeness (QED) is 0.786. The van der Waals surface area contributed by atoms with Crippen LogP contribution in [0, 0.1) is 0 Å². The lowest BCUT2D eigenvalue weighted by Gasteiger charge is -2.21. The summed E-state index contributed by atoms with van der Waals surface area (Å²) < 4.78 is 4.96. The first kappa shape index (κ1) is 20.5. The molecule has 25 heavy (non-hydrogen) atoms. The predicted molar refractivity (Wildman–Crippen MR) is 105 cm³/mol. The number of hydrogen-bond acceptors (Lipinski definition) is 5. The zero-order chi connectivity index (χ0) is 19.1. The summed E-state index contributed by atoms with van der Waals surface area (Å²) in [5.74, 6) is 0.638. The summed E-state index contributed by atoms with van der Waals surface area (Å²) in [5, 5.41) is 6.55. The minimum atomic E-state index is -0.0746. The fraction of sp³-hybridized carbons (Fsp3) is 0.474. The van der Waals surface area contributed by atoms with Crippen LogP contribution < -0.4 is 20.9 Å². The maximum Gasteiger partial charge on any atom is 0.248 e. The normalized spacial score (nSPS) is 11.2. The molecular formula is C19H30N4O2. The smallest absolute Gasteiger partial charge is 0.248 e. The molecule has 2 aromatic heterocycles. The maximum absolute atomic E-state index is 10.7. The first-order valence-corrected chi connectivity index (χ1v) is 8.24. The molecular weight excluding hydrogens is 316 g/mol. The molecule has 0 atom stereocenters. The number of aromatic nitrogens is 2. The van der Waals surface area contributed by atoms with Crippen LogP contribution >= 0.6 is 0 Å². The number of aromatic amines is 1. The van der Waals surface area contributed by atoms with Gasteiger partial charge in [-0.05, 0) is 53.7 Å². The van der Waals surface area contributed by atoms with Gasteiger partial charge in [0.15, 0.2) is 0 Å². The van der Waals surface area contributed by atoms with Crippen LogP contribution in [0.5, 0.6) is 5.88 Å². The largest absolute Gasteiger partial charge is 0.481 e. The fourth-order valence-electron chi connectivity index (χ4n) is 1.93. The Kier molecular flexibility index (Phi) is 7.03. The van der Waals surface area contributed by atoms with E-state index in [2.05, 4.69) is 62.1 Å². The van der Waals surface area contributed by atoms with Crippen LogP contribution in [0.15, 0.2) is 41.5 Å². The average Bonchev–Trinajstić information content (AvgIpc) is 2.48. The minimum Gasteiger partial charge on any atom is -0.481 e. The van der Waals surface area contributed by atoms with Gasteiger partial charge in [-0.2, -0.15) is 0 Å². The van der Waals surface area contributed by atoms with Crippen LogP contribution in [-0.4, -0.2) is 28.2 Å².